The van der Waals surface area contributed by atoms with E-state index >= 15 is 0 Å². The summed E-state index contributed by atoms with van der Waals surface area (Å²) in [6.07, 6.45) is -0.740. The molecule has 1 aliphatic rings. The summed E-state index contributed by atoms with van der Waals surface area (Å²) in [4.78, 5) is 12.5. The zero-order valence-electron chi connectivity index (χ0n) is 11.7. The van der Waals surface area contributed by atoms with E-state index < -0.39 is 18.1 Å². The molecule has 2 unspecified atom stereocenters. The van der Waals surface area contributed by atoms with Crippen LogP contribution in [0.5, 0.6) is 0 Å². The molecule has 0 saturated heterocycles. The number of Topliss-reactive ketones (excluding diaryl/α,β-unsaturated/α-hetero) is 1. The van der Waals surface area contributed by atoms with Gasteiger partial charge in [0, 0.05) is 12.2 Å². The van der Waals surface area contributed by atoms with E-state index in [4.69, 9.17) is 5.11 Å². The molecule has 0 heterocycles. The Morgan fingerprint density at radius 1 is 1.30 bits per heavy atom. The first kappa shape index (κ1) is 15.1. The Kier molecular flexibility index (Phi) is 3.97. The van der Waals surface area contributed by atoms with E-state index in [0.29, 0.717) is 28.7 Å². The molecular weight excluding hydrogens is 260 g/mol. The molecule has 1 aromatic rings. The van der Waals surface area contributed by atoms with Crippen LogP contribution in [-0.4, -0.2) is 39.4 Å². The molecule has 0 radical (unpaired) electrons. The van der Waals surface area contributed by atoms with Crippen LogP contribution in [0, 0.1) is 12.3 Å². The molecule has 0 aliphatic heterocycles. The molecule has 0 aromatic heterocycles. The second-order valence-electron chi connectivity index (χ2n) is 5.54. The van der Waals surface area contributed by atoms with Gasteiger partial charge in [-0.2, -0.15) is 0 Å². The first-order valence-corrected chi connectivity index (χ1v) is 6.63. The Bertz CT molecular complexity index is 552. The minimum atomic E-state index is -1.24. The van der Waals surface area contributed by atoms with E-state index in [1.165, 1.54) is 6.92 Å². The third-order valence-corrected chi connectivity index (χ3v) is 4.34. The number of rotatable bonds is 4. The Morgan fingerprint density at radius 2 is 1.95 bits per heavy atom. The maximum absolute atomic E-state index is 12.5. The number of hydrogen-bond donors (Lipinski definition) is 4. The minimum Gasteiger partial charge on any atom is -0.396 e. The lowest BCUT2D eigenvalue weighted by molar-refractivity contribution is 0.0129. The van der Waals surface area contributed by atoms with Crippen LogP contribution in [0.1, 0.15) is 45.6 Å². The van der Waals surface area contributed by atoms with Gasteiger partial charge in [-0.25, -0.2) is 0 Å². The van der Waals surface area contributed by atoms with Gasteiger partial charge in [0.05, 0.1) is 24.7 Å². The summed E-state index contributed by atoms with van der Waals surface area (Å²) in [5.41, 5.74) is 1.63. The van der Waals surface area contributed by atoms with Crippen LogP contribution in [0.3, 0.4) is 0 Å². The van der Waals surface area contributed by atoms with Crippen molar-refractivity contribution in [1.29, 1.82) is 0 Å². The Morgan fingerprint density at radius 3 is 2.45 bits per heavy atom. The molecule has 0 amide bonds. The maximum Gasteiger partial charge on any atom is 0.174 e. The molecule has 5 nitrogen and oxygen atoms in total. The number of carbonyl (C=O) groups is 1. The van der Waals surface area contributed by atoms with Crippen molar-refractivity contribution in [3.8, 4) is 0 Å². The van der Waals surface area contributed by atoms with Gasteiger partial charge in [-0.1, -0.05) is 0 Å². The topological polar surface area (TPSA) is 98.0 Å². The monoisotopic (exact) mass is 280 g/mol. The molecule has 0 saturated carbocycles. The zero-order valence-corrected chi connectivity index (χ0v) is 11.7. The highest BCUT2D eigenvalue weighted by atomic mass is 16.3. The second kappa shape index (κ2) is 5.26. The smallest absolute Gasteiger partial charge is 0.174 e. The van der Waals surface area contributed by atoms with E-state index in [9.17, 15) is 20.1 Å². The predicted molar refractivity (Wildman–Crippen MR) is 72.4 cm³/mol. The summed E-state index contributed by atoms with van der Waals surface area (Å²) >= 11 is 0. The van der Waals surface area contributed by atoms with Crippen molar-refractivity contribution < 1.29 is 25.2 Å². The van der Waals surface area contributed by atoms with Gasteiger partial charge in [0.15, 0.2) is 5.78 Å². The SMILES string of the molecule is Cc1c(CCO)c(CO)cc2c1C(=O)C(C)(CO)C2O. The van der Waals surface area contributed by atoms with Crippen LogP contribution >= 0.6 is 0 Å². The summed E-state index contributed by atoms with van der Waals surface area (Å²) in [7, 11) is 0. The fourth-order valence-electron chi connectivity index (χ4n) is 2.98. The Hall–Kier alpha value is -1.27. The molecule has 2 rings (SSSR count). The third-order valence-electron chi connectivity index (χ3n) is 4.34. The van der Waals surface area contributed by atoms with Crippen LogP contribution in [0.15, 0.2) is 6.07 Å². The lowest BCUT2D eigenvalue weighted by atomic mass is 9.84. The highest BCUT2D eigenvalue weighted by Crippen LogP contribution is 2.47. The Labute approximate surface area is 117 Å². The maximum atomic E-state index is 12.5. The molecule has 1 aliphatic carbocycles. The van der Waals surface area contributed by atoms with Crippen molar-refractivity contribution in [3.63, 3.8) is 0 Å². The summed E-state index contributed by atoms with van der Waals surface area (Å²) in [6, 6.07) is 1.61. The summed E-state index contributed by atoms with van der Waals surface area (Å²) in [5, 5.41) is 38.3. The van der Waals surface area contributed by atoms with Crippen LogP contribution in [-0.2, 0) is 13.0 Å². The number of aliphatic hydroxyl groups is 4. The lowest BCUT2D eigenvalue weighted by Gasteiger charge is -2.23. The van der Waals surface area contributed by atoms with Crippen LogP contribution < -0.4 is 0 Å². The standard InChI is InChI=1S/C15H20O5/c1-8-10(3-4-16)9(6-17)5-11-12(8)14(20)15(2,7-18)13(11)19/h5,13,16-19H,3-4,6-7H2,1-2H3. The summed E-state index contributed by atoms with van der Waals surface area (Å²) in [6.45, 7) is 2.53. The fraction of sp³-hybridized carbons (Fsp3) is 0.533. The normalized spacial score (nSPS) is 25.1. The first-order chi connectivity index (χ1) is 9.42. The average Bonchev–Trinajstić information content (AvgIpc) is 2.64. The van der Waals surface area contributed by atoms with E-state index in [1.807, 2.05) is 0 Å². The lowest BCUT2D eigenvalue weighted by Crippen LogP contribution is -2.32. The number of aliphatic hydroxyl groups excluding tert-OH is 4. The van der Waals surface area contributed by atoms with Gasteiger partial charge in [-0.3, -0.25) is 4.79 Å². The van der Waals surface area contributed by atoms with Gasteiger partial charge < -0.3 is 20.4 Å². The molecule has 0 spiro atoms. The molecule has 20 heavy (non-hydrogen) atoms. The van der Waals surface area contributed by atoms with Crippen LogP contribution in [0.4, 0.5) is 0 Å². The van der Waals surface area contributed by atoms with Gasteiger partial charge >= 0.3 is 0 Å². The number of carbonyl (C=O) groups excluding carboxylic acids is 1. The molecule has 1 aromatic carbocycles. The van der Waals surface area contributed by atoms with Crippen molar-refractivity contribution >= 4 is 5.78 Å². The van der Waals surface area contributed by atoms with E-state index in [1.54, 1.807) is 13.0 Å². The number of hydrogen-bond acceptors (Lipinski definition) is 5. The molecule has 0 fully saturated rings. The predicted octanol–water partition coefficient (Wildman–Crippen LogP) is 0.250. The van der Waals surface area contributed by atoms with Gasteiger partial charge in [0.25, 0.3) is 0 Å². The molecular formula is C15H20O5. The number of ketones is 1. The van der Waals surface area contributed by atoms with E-state index in [2.05, 4.69) is 0 Å². The van der Waals surface area contributed by atoms with E-state index in [-0.39, 0.29) is 19.0 Å². The zero-order chi connectivity index (χ0) is 15.1. The largest absolute Gasteiger partial charge is 0.396 e. The summed E-state index contributed by atoms with van der Waals surface area (Å²) < 4.78 is 0. The van der Waals surface area contributed by atoms with Gasteiger partial charge in [0.2, 0.25) is 0 Å². The van der Waals surface area contributed by atoms with E-state index in [0.717, 1.165) is 5.56 Å². The molecule has 2 atom stereocenters. The fourth-order valence-corrected chi connectivity index (χ4v) is 2.98. The first-order valence-electron chi connectivity index (χ1n) is 6.63. The average molecular weight is 280 g/mol. The van der Waals surface area contributed by atoms with Gasteiger partial charge in [0.1, 0.15) is 0 Å². The van der Waals surface area contributed by atoms with Gasteiger partial charge in [-0.15, -0.1) is 0 Å². The second-order valence-corrected chi connectivity index (χ2v) is 5.54. The van der Waals surface area contributed by atoms with Crippen molar-refractivity contribution in [2.45, 2.75) is 33.0 Å². The molecule has 110 valence electrons. The van der Waals surface area contributed by atoms with Crippen LogP contribution in [0.2, 0.25) is 0 Å². The molecule has 0 bridgehead atoms. The van der Waals surface area contributed by atoms with Crippen molar-refractivity contribution in [3.05, 3.63) is 33.9 Å². The highest BCUT2D eigenvalue weighted by molar-refractivity contribution is 6.07. The number of benzene rings is 1. The van der Waals surface area contributed by atoms with Crippen molar-refractivity contribution in [1.82, 2.24) is 0 Å². The highest BCUT2D eigenvalue weighted by Gasteiger charge is 2.50. The van der Waals surface area contributed by atoms with Crippen molar-refractivity contribution in [2.24, 2.45) is 5.41 Å². The summed E-state index contributed by atoms with van der Waals surface area (Å²) in [5.74, 6) is -0.288. The quantitative estimate of drug-likeness (QED) is 0.634. The third kappa shape index (κ3) is 1.90. The number of fused-ring (bicyclic) bond motifs is 1. The molecule has 4 N–H and O–H groups in total. The minimum absolute atomic E-state index is 0.0827. The Balaban J connectivity index is 2.69. The van der Waals surface area contributed by atoms with Gasteiger partial charge in [-0.05, 0) is 48.6 Å². The molecule has 5 heteroatoms. The van der Waals surface area contributed by atoms with Crippen LogP contribution in [0.25, 0.3) is 0 Å². The van der Waals surface area contributed by atoms with Crippen molar-refractivity contribution in [2.75, 3.05) is 13.2 Å².